The molecule has 0 aliphatic carbocycles. The zero-order chi connectivity index (χ0) is 16.1. The Morgan fingerprint density at radius 3 is 2.91 bits per heavy atom. The Bertz CT molecular complexity index is 683. The van der Waals surface area contributed by atoms with Crippen molar-refractivity contribution in [1.82, 2.24) is 15.2 Å². The first kappa shape index (κ1) is 15.7. The van der Waals surface area contributed by atoms with Crippen molar-refractivity contribution in [3.8, 4) is 0 Å². The van der Waals surface area contributed by atoms with Crippen molar-refractivity contribution in [2.24, 2.45) is 0 Å². The molecule has 1 aliphatic rings. The number of nitrogen functional groups attached to an aromatic ring is 1. The van der Waals surface area contributed by atoms with Gasteiger partial charge in [-0.05, 0) is 12.1 Å². The van der Waals surface area contributed by atoms with Crippen molar-refractivity contribution < 1.29 is 9.53 Å². The van der Waals surface area contributed by atoms with Crippen LogP contribution in [0.25, 0.3) is 10.9 Å². The molecule has 0 unspecified atom stereocenters. The van der Waals surface area contributed by atoms with Gasteiger partial charge in [-0.25, -0.2) is 0 Å². The predicted octanol–water partition coefficient (Wildman–Crippen LogP) is 0.808. The number of ether oxygens (including phenoxy) is 1. The number of fused-ring (bicyclic) bond motifs is 1. The van der Waals surface area contributed by atoms with Crippen molar-refractivity contribution in [3.63, 3.8) is 0 Å². The molecule has 23 heavy (non-hydrogen) atoms. The Labute approximate surface area is 135 Å². The van der Waals surface area contributed by atoms with Crippen molar-refractivity contribution in [1.29, 1.82) is 0 Å². The number of amides is 1. The number of carbonyl (C=O) groups excluding carboxylic acids is 1. The van der Waals surface area contributed by atoms with Gasteiger partial charge in [0.15, 0.2) is 0 Å². The number of hydrogen-bond acceptors (Lipinski definition) is 5. The number of pyridine rings is 1. The molecule has 1 aromatic carbocycles. The van der Waals surface area contributed by atoms with Crippen molar-refractivity contribution >= 4 is 22.5 Å². The maximum absolute atomic E-state index is 12.0. The standard InChI is InChI=1S/C17H22N4O2/c18-15-3-1-2-13-4-5-14(20-17(13)15)12-16(22)19-6-7-21-8-10-23-11-9-21/h1-5H,6-12,18H2,(H,19,22). The van der Waals surface area contributed by atoms with E-state index < -0.39 is 0 Å². The highest BCUT2D eigenvalue weighted by Gasteiger charge is 2.11. The first-order valence-corrected chi connectivity index (χ1v) is 7.93. The molecular formula is C17H22N4O2. The van der Waals surface area contributed by atoms with Crippen molar-refractivity contribution in [3.05, 3.63) is 36.0 Å². The molecule has 2 heterocycles. The van der Waals surface area contributed by atoms with Crippen LogP contribution >= 0.6 is 0 Å². The third-order valence-corrected chi connectivity index (χ3v) is 4.00. The van der Waals surface area contributed by atoms with E-state index in [1.807, 2.05) is 30.3 Å². The fraction of sp³-hybridized carbons (Fsp3) is 0.412. The highest BCUT2D eigenvalue weighted by Crippen LogP contribution is 2.18. The summed E-state index contributed by atoms with van der Waals surface area (Å²) in [6, 6.07) is 9.52. The lowest BCUT2D eigenvalue weighted by Gasteiger charge is -2.26. The van der Waals surface area contributed by atoms with E-state index in [1.54, 1.807) is 0 Å². The van der Waals surface area contributed by atoms with Gasteiger partial charge in [0.2, 0.25) is 5.91 Å². The van der Waals surface area contributed by atoms with Crippen LogP contribution in [-0.4, -0.2) is 55.2 Å². The van der Waals surface area contributed by atoms with Crippen LogP contribution < -0.4 is 11.1 Å². The van der Waals surface area contributed by atoms with Crippen LogP contribution in [0, 0.1) is 0 Å². The molecule has 6 nitrogen and oxygen atoms in total. The molecular weight excluding hydrogens is 292 g/mol. The minimum atomic E-state index is -0.0142. The van der Waals surface area contributed by atoms with Crippen LogP contribution in [0.4, 0.5) is 5.69 Å². The van der Waals surface area contributed by atoms with Crippen LogP contribution in [0.2, 0.25) is 0 Å². The zero-order valence-corrected chi connectivity index (χ0v) is 13.1. The number of hydrogen-bond donors (Lipinski definition) is 2. The van der Waals surface area contributed by atoms with E-state index in [-0.39, 0.29) is 12.3 Å². The van der Waals surface area contributed by atoms with Gasteiger partial charge < -0.3 is 15.8 Å². The van der Waals surface area contributed by atoms with Gasteiger partial charge >= 0.3 is 0 Å². The number of para-hydroxylation sites is 1. The predicted molar refractivity (Wildman–Crippen MR) is 90.1 cm³/mol. The normalized spacial score (nSPS) is 15.7. The Morgan fingerprint density at radius 1 is 1.26 bits per heavy atom. The van der Waals surface area contributed by atoms with Gasteiger partial charge in [-0.3, -0.25) is 14.7 Å². The lowest BCUT2D eigenvalue weighted by Crippen LogP contribution is -2.41. The van der Waals surface area contributed by atoms with Gasteiger partial charge in [-0.15, -0.1) is 0 Å². The summed E-state index contributed by atoms with van der Waals surface area (Å²) in [5.41, 5.74) is 8.07. The average Bonchev–Trinajstić information content (AvgIpc) is 2.57. The van der Waals surface area contributed by atoms with Gasteiger partial charge in [0.1, 0.15) is 0 Å². The highest BCUT2D eigenvalue weighted by molar-refractivity contribution is 5.89. The number of morpholine rings is 1. The summed E-state index contributed by atoms with van der Waals surface area (Å²) < 4.78 is 5.30. The van der Waals surface area contributed by atoms with Crippen LogP contribution in [-0.2, 0) is 16.0 Å². The third-order valence-electron chi connectivity index (χ3n) is 4.00. The van der Waals surface area contributed by atoms with E-state index in [4.69, 9.17) is 10.5 Å². The zero-order valence-electron chi connectivity index (χ0n) is 13.1. The van der Waals surface area contributed by atoms with E-state index in [0.717, 1.165) is 49.4 Å². The van der Waals surface area contributed by atoms with Crippen molar-refractivity contribution in [2.75, 3.05) is 45.1 Å². The molecule has 1 aromatic heterocycles. The molecule has 1 amide bonds. The summed E-state index contributed by atoms with van der Waals surface area (Å²) in [6.07, 6.45) is 0.271. The van der Waals surface area contributed by atoms with Gasteiger partial charge in [0.25, 0.3) is 0 Å². The van der Waals surface area contributed by atoms with Crippen LogP contribution in [0.3, 0.4) is 0 Å². The Kier molecular flexibility index (Phi) is 5.05. The number of nitrogens with zero attached hydrogens (tertiary/aromatic N) is 2. The van der Waals surface area contributed by atoms with Gasteiger partial charge in [0.05, 0.1) is 36.5 Å². The fourth-order valence-corrected chi connectivity index (χ4v) is 2.71. The second-order valence-electron chi connectivity index (χ2n) is 5.70. The van der Waals surface area contributed by atoms with Crippen LogP contribution in [0.15, 0.2) is 30.3 Å². The summed E-state index contributed by atoms with van der Waals surface area (Å²) in [5.74, 6) is -0.0142. The van der Waals surface area contributed by atoms with Gasteiger partial charge in [-0.2, -0.15) is 0 Å². The molecule has 122 valence electrons. The van der Waals surface area contributed by atoms with Crippen LogP contribution in [0.5, 0.6) is 0 Å². The average molecular weight is 314 g/mol. The summed E-state index contributed by atoms with van der Waals surface area (Å²) >= 11 is 0. The molecule has 3 rings (SSSR count). The number of anilines is 1. The Hall–Kier alpha value is -2.18. The SMILES string of the molecule is Nc1cccc2ccc(CC(=O)NCCN3CCOCC3)nc12. The first-order chi connectivity index (χ1) is 11.2. The molecule has 0 bridgehead atoms. The summed E-state index contributed by atoms with van der Waals surface area (Å²) in [5, 5.41) is 3.94. The Balaban J connectivity index is 1.52. The minimum Gasteiger partial charge on any atom is -0.397 e. The molecule has 0 radical (unpaired) electrons. The molecule has 1 fully saturated rings. The molecule has 1 saturated heterocycles. The first-order valence-electron chi connectivity index (χ1n) is 7.93. The summed E-state index contributed by atoms with van der Waals surface area (Å²) in [7, 11) is 0. The van der Waals surface area contributed by atoms with Crippen molar-refractivity contribution in [2.45, 2.75) is 6.42 Å². The number of aromatic nitrogens is 1. The smallest absolute Gasteiger partial charge is 0.226 e. The van der Waals surface area contributed by atoms with E-state index in [0.29, 0.717) is 12.2 Å². The highest BCUT2D eigenvalue weighted by atomic mass is 16.5. The lowest BCUT2D eigenvalue weighted by molar-refractivity contribution is -0.120. The second kappa shape index (κ2) is 7.39. The fourth-order valence-electron chi connectivity index (χ4n) is 2.71. The molecule has 0 atom stereocenters. The minimum absolute atomic E-state index is 0.0142. The van der Waals surface area contributed by atoms with E-state index >= 15 is 0 Å². The molecule has 0 spiro atoms. The maximum Gasteiger partial charge on any atom is 0.226 e. The van der Waals surface area contributed by atoms with E-state index in [9.17, 15) is 4.79 Å². The molecule has 3 N–H and O–H groups in total. The van der Waals surface area contributed by atoms with Crippen LogP contribution in [0.1, 0.15) is 5.69 Å². The molecule has 6 heteroatoms. The topological polar surface area (TPSA) is 80.5 Å². The monoisotopic (exact) mass is 314 g/mol. The second-order valence-corrected chi connectivity index (χ2v) is 5.70. The number of benzene rings is 1. The molecule has 2 aromatic rings. The third kappa shape index (κ3) is 4.18. The lowest BCUT2D eigenvalue weighted by atomic mass is 10.1. The largest absolute Gasteiger partial charge is 0.397 e. The quantitative estimate of drug-likeness (QED) is 0.798. The van der Waals surface area contributed by atoms with Gasteiger partial charge in [0, 0.05) is 31.6 Å². The Morgan fingerprint density at radius 2 is 2.09 bits per heavy atom. The van der Waals surface area contributed by atoms with E-state index in [1.165, 1.54) is 0 Å². The summed E-state index contributed by atoms with van der Waals surface area (Å²) in [4.78, 5) is 18.8. The number of rotatable bonds is 5. The van der Waals surface area contributed by atoms with Gasteiger partial charge in [-0.1, -0.05) is 18.2 Å². The summed E-state index contributed by atoms with van der Waals surface area (Å²) in [6.45, 7) is 4.91. The number of nitrogens with two attached hydrogens (primary N) is 1. The number of nitrogens with one attached hydrogen (secondary N) is 1. The molecule has 0 saturated carbocycles. The number of carbonyl (C=O) groups is 1. The molecule has 1 aliphatic heterocycles. The van der Waals surface area contributed by atoms with E-state index in [2.05, 4.69) is 15.2 Å². The maximum atomic E-state index is 12.0.